The molecule has 0 aromatic heterocycles. The number of hydrogen-bond acceptors (Lipinski definition) is 5. The predicted octanol–water partition coefficient (Wildman–Crippen LogP) is 0.197. The Labute approximate surface area is 127 Å². The first-order valence-electron chi connectivity index (χ1n) is 7.98. The van der Waals surface area contributed by atoms with Crippen molar-refractivity contribution in [3.8, 4) is 0 Å². The summed E-state index contributed by atoms with van der Waals surface area (Å²) in [6.45, 7) is 4.81. The molecule has 1 unspecified atom stereocenters. The van der Waals surface area contributed by atoms with Gasteiger partial charge in [-0.3, -0.25) is 0 Å². The molecule has 21 heavy (non-hydrogen) atoms. The summed E-state index contributed by atoms with van der Waals surface area (Å²) in [7, 11) is -3.25. The molecule has 3 fully saturated rings. The lowest BCUT2D eigenvalue weighted by molar-refractivity contribution is -0.0786. The first kappa shape index (κ1) is 15.7. The van der Waals surface area contributed by atoms with Crippen molar-refractivity contribution in [3.63, 3.8) is 0 Å². The quantitative estimate of drug-likeness (QED) is 0.805. The Morgan fingerprint density at radius 2 is 2.00 bits per heavy atom. The summed E-state index contributed by atoms with van der Waals surface area (Å²) in [6, 6.07) is 0. The Kier molecular flexibility index (Phi) is 4.85. The van der Waals surface area contributed by atoms with Crippen LogP contribution in [-0.4, -0.2) is 70.6 Å². The molecular formula is C14H26N2O4S. The molecule has 0 aliphatic carbocycles. The second kappa shape index (κ2) is 6.50. The minimum atomic E-state index is -3.25. The zero-order valence-electron chi connectivity index (χ0n) is 12.6. The van der Waals surface area contributed by atoms with E-state index in [1.165, 1.54) is 0 Å². The number of piperidine rings is 2. The maximum Gasteiger partial charge on any atom is 0.216 e. The van der Waals surface area contributed by atoms with Gasteiger partial charge in [-0.15, -0.1) is 0 Å². The van der Waals surface area contributed by atoms with Crippen molar-refractivity contribution in [1.82, 2.24) is 9.62 Å². The highest BCUT2D eigenvalue weighted by Crippen LogP contribution is 2.38. The van der Waals surface area contributed by atoms with Gasteiger partial charge < -0.3 is 14.8 Å². The van der Waals surface area contributed by atoms with Crippen LogP contribution < -0.4 is 5.32 Å². The van der Waals surface area contributed by atoms with Gasteiger partial charge in [-0.25, -0.2) is 12.7 Å². The van der Waals surface area contributed by atoms with Crippen molar-refractivity contribution in [2.24, 2.45) is 5.41 Å². The first-order valence-corrected chi connectivity index (χ1v) is 9.59. The van der Waals surface area contributed by atoms with Crippen LogP contribution in [0.4, 0.5) is 0 Å². The summed E-state index contributed by atoms with van der Waals surface area (Å²) in [5, 5.41) is 3.37. The zero-order chi connectivity index (χ0) is 14.8. The smallest absolute Gasteiger partial charge is 0.216 e. The number of nitrogens with one attached hydrogen (secondary N) is 1. The molecule has 0 saturated carbocycles. The van der Waals surface area contributed by atoms with Gasteiger partial charge in [0.1, 0.15) is 0 Å². The van der Waals surface area contributed by atoms with Crippen LogP contribution in [0.3, 0.4) is 0 Å². The monoisotopic (exact) mass is 318 g/mol. The van der Waals surface area contributed by atoms with Crippen LogP contribution in [0.15, 0.2) is 0 Å². The molecule has 0 radical (unpaired) electrons. The third kappa shape index (κ3) is 3.76. The molecule has 3 heterocycles. The standard InChI is InChI=1S/C14H26N2O4S/c17-21(18,11-13-10-19-8-9-20-13)16-7-1-2-14(12-16)3-5-15-6-4-14/h13,15H,1-12H2. The Morgan fingerprint density at radius 1 is 1.19 bits per heavy atom. The number of ether oxygens (including phenoxy) is 2. The second-order valence-corrected chi connectivity index (χ2v) is 8.55. The fourth-order valence-corrected chi connectivity index (χ4v) is 5.49. The SMILES string of the molecule is O=S(=O)(CC1COCCO1)N1CCCC2(CCNCC2)C1. The van der Waals surface area contributed by atoms with Crippen molar-refractivity contribution in [2.75, 3.05) is 51.8 Å². The molecule has 7 heteroatoms. The van der Waals surface area contributed by atoms with Crippen LogP contribution in [0.25, 0.3) is 0 Å². The highest BCUT2D eigenvalue weighted by molar-refractivity contribution is 7.89. The maximum absolute atomic E-state index is 12.7. The molecule has 0 amide bonds. The molecular weight excluding hydrogens is 292 g/mol. The van der Waals surface area contributed by atoms with Crippen molar-refractivity contribution < 1.29 is 17.9 Å². The van der Waals surface area contributed by atoms with E-state index in [4.69, 9.17) is 9.47 Å². The predicted molar refractivity (Wildman–Crippen MR) is 79.7 cm³/mol. The van der Waals surface area contributed by atoms with Gasteiger partial charge >= 0.3 is 0 Å². The zero-order valence-corrected chi connectivity index (χ0v) is 13.4. The minimum absolute atomic E-state index is 0.0569. The first-order chi connectivity index (χ1) is 10.1. The van der Waals surface area contributed by atoms with E-state index < -0.39 is 10.0 Å². The van der Waals surface area contributed by atoms with Gasteiger partial charge in [-0.05, 0) is 44.2 Å². The van der Waals surface area contributed by atoms with E-state index in [2.05, 4.69) is 5.32 Å². The van der Waals surface area contributed by atoms with Gasteiger partial charge in [0, 0.05) is 13.1 Å². The lowest BCUT2D eigenvalue weighted by Crippen LogP contribution is -2.52. The summed E-state index contributed by atoms with van der Waals surface area (Å²) < 4.78 is 37.8. The topological polar surface area (TPSA) is 67.9 Å². The number of rotatable bonds is 3. The number of hydrogen-bond donors (Lipinski definition) is 1. The van der Waals surface area contributed by atoms with Crippen molar-refractivity contribution in [1.29, 1.82) is 0 Å². The molecule has 0 bridgehead atoms. The molecule has 3 aliphatic rings. The van der Waals surface area contributed by atoms with E-state index in [1.807, 2.05) is 0 Å². The molecule has 3 rings (SSSR count). The van der Waals surface area contributed by atoms with E-state index in [0.29, 0.717) is 32.9 Å². The average Bonchev–Trinajstić information content (AvgIpc) is 2.49. The van der Waals surface area contributed by atoms with Crippen molar-refractivity contribution in [2.45, 2.75) is 31.8 Å². The molecule has 1 atom stereocenters. The van der Waals surface area contributed by atoms with E-state index in [1.54, 1.807) is 4.31 Å². The van der Waals surface area contributed by atoms with Crippen molar-refractivity contribution in [3.05, 3.63) is 0 Å². The Morgan fingerprint density at radius 3 is 2.71 bits per heavy atom. The van der Waals surface area contributed by atoms with Gasteiger partial charge in [0.2, 0.25) is 10.0 Å². The summed E-state index contributed by atoms with van der Waals surface area (Å²) in [5.41, 5.74) is 0.195. The van der Waals surface area contributed by atoms with Gasteiger partial charge in [0.25, 0.3) is 0 Å². The molecule has 0 aromatic carbocycles. The highest BCUT2D eigenvalue weighted by Gasteiger charge is 2.40. The normalized spacial score (nSPS) is 31.3. The largest absolute Gasteiger partial charge is 0.376 e. The van der Waals surface area contributed by atoms with Crippen LogP contribution in [0.2, 0.25) is 0 Å². The lowest BCUT2D eigenvalue weighted by atomic mass is 9.73. The average molecular weight is 318 g/mol. The lowest BCUT2D eigenvalue weighted by Gasteiger charge is -2.45. The maximum atomic E-state index is 12.7. The molecule has 3 aliphatic heterocycles. The number of sulfonamides is 1. The molecule has 1 N–H and O–H groups in total. The molecule has 0 aromatic rings. The number of nitrogens with zero attached hydrogens (tertiary/aromatic N) is 1. The summed E-state index contributed by atoms with van der Waals surface area (Å²) in [6.07, 6.45) is 3.99. The van der Waals surface area contributed by atoms with Gasteiger partial charge in [0.15, 0.2) is 0 Å². The van der Waals surface area contributed by atoms with E-state index in [9.17, 15) is 8.42 Å². The third-order valence-electron chi connectivity index (χ3n) is 4.97. The van der Waals surface area contributed by atoms with Gasteiger partial charge in [-0.2, -0.15) is 0 Å². The second-order valence-electron chi connectivity index (χ2n) is 6.53. The highest BCUT2D eigenvalue weighted by atomic mass is 32.2. The van der Waals surface area contributed by atoms with Gasteiger partial charge in [0.05, 0.1) is 31.7 Å². The summed E-state index contributed by atoms with van der Waals surface area (Å²) >= 11 is 0. The fourth-order valence-electron chi connectivity index (χ4n) is 3.74. The van der Waals surface area contributed by atoms with E-state index in [-0.39, 0.29) is 17.3 Å². The fraction of sp³-hybridized carbons (Fsp3) is 1.00. The Balaban J connectivity index is 1.63. The molecule has 122 valence electrons. The van der Waals surface area contributed by atoms with Crippen LogP contribution in [0.1, 0.15) is 25.7 Å². The molecule has 1 spiro atoms. The Hall–Kier alpha value is -0.210. The molecule has 3 saturated heterocycles. The van der Waals surface area contributed by atoms with Crippen LogP contribution in [0.5, 0.6) is 0 Å². The minimum Gasteiger partial charge on any atom is -0.376 e. The van der Waals surface area contributed by atoms with E-state index in [0.717, 1.165) is 38.8 Å². The summed E-state index contributed by atoms with van der Waals surface area (Å²) in [4.78, 5) is 0. The Bertz CT molecular complexity index is 436. The van der Waals surface area contributed by atoms with Crippen molar-refractivity contribution >= 4 is 10.0 Å². The third-order valence-corrected chi connectivity index (χ3v) is 6.86. The summed E-state index contributed by atoms with van der Waals surface area (Å²) in [5.74, 6) is 0.0569. The van der Waals surface area contributed by atoms with Gasteiger partial charge in [-0.1, -0.05) is 0 Å². The van der Waals surface area contributed by atoms with Crippen LogP contribution in [-0.2, 0) is 19.5 Å². The van der Waals surface area contributed by atoms with E-state index >= 15 is 0 Å². The van der Waals surface area contributed by atoms with Crippen LogP contribution in [0, 0.1) is 5.41 Å². The van der Waals surface area contributed by atoms with Crippen LogP contribution >= 0.6 is 0 Å². The molecule has 6 nitrogen and oxygen atoms in total.